The summed E-state index contributed by atoms with van der Waals surface area (Å²) in [6, 6.07) is 14.4. The number of carbonyl (C=O) groups excluding carboxylic acids is 1. The number of benzene rings is 2. The average Bonchev–Trinajstić information content (AvgIpc) is 2.67. The van der Waals surface area contributed by atoms with Crippen LogP contribution in [0.5, 0.6) is 11.5 Å². The van der Waals surface area contributed by atoms with Crippen molar-refractivity contribution in [2.45, 2.75) is 13.3 Å². The third kappa shape index (κ3) is 6.05. The minimum Gasteiger partial charge on any atom is -0.508 e. The lowest BCUT2D eigenvalue weighted by atomic mass is 10.1. The van der Waals surface area contributed by atoms with Gasteiger partial charge in [-0.2, -0.15) is 5.26 Å². The number of rotatable bonds is 7. The first-order valence-electron chi connectivity index (χ1n) is 8.52. The maximum Gasteiger partial charge on any atom is 0.261 e. The molecule has 0 unspecified atom stereocenters. The highest BCUT2D eigenvalue weighted by atomic mass is 16.5. The summed E-state index contributed by atoms with van der Waals surface area (Å²) in [5.41, 5.74) is 3.01. The van der Waals surface area contributed by atoms with Gasteiger partial charge in [0.05, 0.1) is 7.11 Å². The van der Waals surface area contributed by atoms with Crippen LogP contribution in [0.3, 0.4) is 0 Å². The van der Waals surface area contributed by atoms with Crippen molar-refractivity contribution in [3.05, 3.63) is 76.9 Å². The van der Waals surface area contributed by atoms with Crippen LogP contribution in [-0.4, -0.2) is 24.7 Å². The van der Waals surface area contributed by atoms with E-state index in [1.54, 1.807) is 43.5 Å². The predicted molar refractivity (Wildman–Crippen MR) is 105 cm³/mol. The van der Waals surface area contributed by atoms with Crippen molar-refractivity contribution in [3.8, 4) is 17.6 Å². The summed E-state index contributed by atoms with van der Waals surface area (Å²) >= 11 is 0. The van der Waals surface area contributed by atoms with Gasteiger partial charge in [0.15, 0.2) is 0 Å². The fourth-order valence-corrected chi connectivity index (χ4v) is 2.51. The topological polar surface area (TPSA) is 82.3 Å². The molecule has 2 aromatic rings. The molecule has 27 heavy (non-hydrogen) atoms. The van der Waals surface area contributed by atoms with Gasteiger partial charge in [0.1, 0.15) is 23.1 Å². The molecule has 138 valence electrons. The molecule has 0 aliphatic rings. The molecular formula is C22H22N2O3. The molecule has 0 spiro atoms. The van der Waals surface area contributed by atoms with E-state index in [-0.39, 0.29) is 11.3 Å². The summed E-state index contributed by atoms with van der Waals surface area (Å²) in [4.78, 5) is 12.2. The molecule has 2 N–H and O–H groups in total. The van der Waals surface area contributed by atoms with Gasteiger partial charge in [0.25, 0.3) is 5.91 Å². The molecule has 2 rings (SSSR count). The lowest BCUT2D eigenvalue weighted by Crippen LogP contribution is -2.26. The summed E-state index contributed by atoms with van der Waals surface area (Å²) in [6.45, 7) is 2.40. The number of amides is 1. The lowest BCUT2D eigenvalue weighted by Gasteiger charge is -2.10. The molecule has 2 aromatic carbocycles. The Bertz CT molecular complexity index is 891. The van der Waals surface area contributed by atoms with Gasteiger partial charge < -0.3 is 15.2 Å². The molecule has 0 atom stereocenters. The monoisotopic (exact) mass is 362 g/mol. The number of phenols is 1. The lowest BCUT2D eigenvalue weighted by molar-refractivity contribution is -0.117. The Hall–Kier alpha value is -3.52. The van der Waals surface area contributed by atoms with Crippen LogP contribution >= 0.6 is 0 Å². The van der Waals surface area contributed by atoms with Crippen molar-refractivity contribution in [1.29, 1.82) is 5.26 Å². The smallest absolute Gasteiger partial charge is 0.261 e. The first kappa shape index (κ1) is 19.8. The Balaban J connectivity index is 1.94. The van der Waals surface area contributed by atoms with Crippen molar-refractivity contribution in [3.63, 3.8) is 0 Å². The Morgan fingerprint density at radius 2 is 2.00 bits per heavy atom. The van der Waals surface area contributed by atoms with Gasteiger partial charge in [-0.3, -0.25) is 4.79 Å². The number of nitrogens with zero attached hydrogens (tertiary/aromatic N) is 1. The van der Waals surface area contributed by atoms with Crippen LogP contribution < -0.4 is 10.1 Å². The number of nitriles is 1. The van der Waals surface area contributed by atoms with Crippen LogP contribution in [0.25, 0.3) is 6.08 Å². The van der Waals surface area contributed by atoms with Gasteiger partial charge in [-0.25, -0.2) is 0 Å². The van der Waals surface area contributed by atoms with Gasteiger partial charge >= 0.3 is 0 Å². The van der Waals surface area contributed by atoms with Crippen LogP contribution in [0.2, 0.25) is 0 Å². The second kappa shape index (κ2) is 9.83. The van der Waals surface area contributed by atoms with Gasteiger partial charge in [0.2, 0.25) is 0 Å². The van der Waals surface area contributed by atoms with Crippen LogP contribution in [0.15, 0.2) is 60.2 Å². The van der Waals surface area contributed by atoms with Crippen molar-refractivity contribution in [1.82, 2.24) is 5.32 Å². The van der Waals surface area contributed by atoms with E-state index in [4.69, 9.17) is 4.74 Å². The number of allylic oxidation sites excluding steroid dienone is 2. The molecule has 0 aliphatic carbocycles. The standard InChI is InChI=1S/C22H22N2O3/c1-16-6-11-21(27-2)18(14-16)12-13-24-22(26)19(15-23)5-3-4-17-7-9-20(25)10-8-17/h3-11,14,25H,12-13H2,1-2H3,(H,24,26)/b4-3+,19-5+. The zero-order chi connectivity index (χ0) is 19.6. The number of nitrogens with one attached hydrogen (secondary N) is 1. The Morgan fingerprint density at radius 1 is 1.26 bits per heavy atom. The predicted octanol–water partition coefficient (Wildman–Crippen LogP) is 3.53. The summed E-state index contributed by atoms with van der Waals surface area (Å²) in [7, 11) is 1.61. The molecule has 0 radical (unpaired) electrons. The van der Waals surface area contributed by atoms with E-state index >= 15 is 0 Å². The summed E-state index contributed by atoms with van der Waals surface area (Å²) in [5.74, 6) is 0.548. The van der Waals surface area contributed by atoms with Crippen LogP contribution in [0, 0.1) is 18.3 Å². The summed E-state index contributed by atoms with van der Waals surface area (Å²) in [6.07, 6.45) is 5.46. The highest BCUT2D eigenvalue weighted by Gasteiger charge is 2.08. The van der Waals surface area contributed by atoms with Crippen LogP contribution in [-0.2, 0) is 11.2 Å². The second-order valence-electron chi connectivity index (χ2n) is 5.96. The van der Waals surface area contributed by atoms with E-state index in [2.05, 4.69) is 5.32 Å². The number of aromatic hydroxyl groups is 1. The highest BCUT2D eigenvalue weighted by molar-refractivity contribution is 5.97. The molecule has 0 saturated carbocycles. The van der Waals surface area contributed by atoms with Gasteiger partial charge in [-0.15, -0.1) is 0 Å². The zero-order valence-electron chi connectivity index (χ0n) is 15.4. The molecular weight excluding hydrogens is 340 g/mol. The highest BCUT2D eigenvalue weighted by Crippen LogP contribution is 2.19. The molecule has 5 nitrogen and oxygen atoms in total. The number of carbonyl (C=O) groups is 1. The maximum atomic E-state index is 12.2. The van der Waals surface area contributed by atoms with Crippen LogP contribution in [0.4, 0.5) is 0 Å². The molecule has 5 heteroatoms. The van der Waals surface area contributed by atoms with Crippen LogP contribution in [0.1, 0.15) is 16.7 Å². The number of ether oxygens (including phenoxy) is 1. The Morgan fingerprint density at radius 3 is 2.67 bits per heavy atom. The summed E-state index contributed by atoms with van der Waals surface area (Å²) in [5, 5.41) is 21.2. The van der Waals surface area contributed by atoms with E-state index in [1.165, 1.54) is 6.08 Å². The first-order chi connectivity index (χ1) is 13.0. The number of aryl methyl sites for hydroxylation is 1. The van der Waals surface area contributed by atoms with E-state index in [0.29, 0.717) is 13.0 Å². The third-order valence-corrected chi connectivity index (χ3v) is 3.93. The quantitative estimate of drug-likeness (QED) is 0.448. The fraction of sp³-hybridized carbons (Fsp3) is 0.182. The number of hydrogen-bond acceptors (Lipinski definition) is 4. The van der Waals surface area contributed by atoms with Gasteiger partial charge in [-0.1, -0.05) is 42.0 Å². The van der Waals surface area contributed by atoms with Crippen molar-refractivity contribution < 1.29 is 14.6 Å². The van der Waals surface area contributed by atoms with Crippen molar-refractivity contribution in [2.75, 3.05) is 13.7 Å². The van der Waals surface area contributed by atoms with Crippen molar-refractivity contribution in [2.24, 2.45) is 0 Å². The molecule has 1 amide bonds. The number of methoxy groups -OCH3 is 1. The first-order valence-corrected chi connectivity index (χ1v) is 8.52. The van der Waals surface area contributed by atoms with E-state index in [0.717, 1.165) is 22.4 Å². The normalized spacial score (nSPS) is 11.2. The zero-order valence-corrected chi connectivity index (χ0v) is 15.4. The second-order valence-corrected chi connectivity index (χ2v) is 5.96. The maximum absolute atomic E-state index is 12.2. The number of hydrogen-bond donors (Lipinski definition) is 2. The molecule has 0 saturated heterocycles. The van der Waals surface area contributed by atoms with E-state index < -0.39 is 5.91 Å². The number of phenolic OH excluding ortho intramolecular Hbond substituents is 1. The van der Waals surface area contributed by atoms with Gasteiger partial charge in [0, 0.05) is 6.54 Å². The third-order valence-electron chi connectivity index (χ3n) is 3.93. The summed E-state index contributed by atoms with van der Waals surface area (Å²) < 4.78 is 5.33. The largest absolute Gasteiger partial charge is 0.508 e. The van der Waals surface area contributed by atoms with E-state index in [1.807, 2.05) is 31.2 Å². The Labute approximate surface area is 159 Å². The minimum absolute atomic E-state index is 0.0289. The SMILES string of the molecule is COc1ccc(C)cc1CCNC(=O)/C(C#N)=C/C=C/c1ccc(O)cc1. The van der Waals surface area contributed by atoms with E-state index in [9.17, 15) is 15.2 Å². The molecule has 0 heterocycles. The average molecular weight is 362 g/mol. The van der Waals surface area contributed by atoms with Crippen molar-refractivity contribution >= 4 is 12.0 Å². The fourth-order valence-electron chi connectivity index (χ4n) is 2.51. The minimum atomic E-state index is -0.417. The molecule has 0 aliphatic heterocycles. The molecule has 0 aromatic heterocycles. The molecule has 0 bridgehead atoms. The Kier molecular flexibility index (Phi) is 7.21. The molecule has 0 fully saturated rings. The van der Waals surface area contributed by atoms with Gasteiger partial charge in [-0.05, 0) is 48.7 Å².